The van der Waals surface area contributed by atoms with Gasteiger partial charge in [0.1, 0.15) is 12.0 Å². The second kappa shape index (κ2) is 4.05. The molecule has 1 aromatic carbocycles. The Labute approximate surface area is 87.6 Å². The molecule has 1 aliphatic heterocycles. The molecule has 1 aromatic rings. The van der Waals surface area contributed by atoms with Gasteiger partial charge in [-0.2, -0.15) is 0 Å². The number of rotatable bonds is 3. The summed E-state index contributed by atoms with van der Waals surface area (Å²) < 4.78 is 5.30. The van der Waals surface area contributed by atoms with Crippen LogP contribution in [0.2, 0.25) is 0 Å². The van der Waals surface area contributed by atoms with Gasteiger partial charge in [-0.3, -0.25) is 0 Å². The second-order valence-electron chi connectivity index (χ2n) is 3.28. The summed E-state index contributed by atoms with van der Waals surface area (Å²) in [5.74, 6) is 2.25. The molecule has 1 heterocycles. The van der Waals surface area contributed by atoms with Gasteiger partial charge in [-0.1, -0.05) is 6.07 Å². The van der Waals surface area contributed by atoms with Gasteiger partial charge >= 0.3 is 0 Å². The van der Waals surface area contributed by atoms with Crippen molar-refractivity contribution < 1.29 is 9.53 Å². The fraction of sp³-hybridized carbons (Fsp3) is 0.364. The Morgan fingerprint density at radius 3 is 3.21 bits per heavy atom. The number of carbonyl (C=O) groups is 1. The highest BCUT2D eigenvalue weighted by molar-refractivity contribution is 7.99. The number of hydrogen-bond acceptors (Lipinski definition) is 3. The summed E-state index contributed by atoms with van der Waals surface area (Å²) in [4.78, 5) is 11.8. The van der Waals surface area contributed by atoms with Crippen LogP contribution in [0, 0.1) is 0 Å². The predicted molar refractivity (Wildman–Crippen MR) is 57.1 cm³/mol. The van der Waals surface area contributed by atoms with Gasteiger partial charge in [-0.05, 0) is 12.1 Å². The largest absolute Gasteiger partial charge is 0.496 e. The van der Waals surface area contributed by atoms with Crippen molar-refractivity contribution in [1.29, 1.82) is 0 Å². The highest BCUT2D eigenvalue weighted by Crippen LogP contribution is 2.45. The van der Waals surface area contributed by atoms with Gasteiger partial charge in [0, 0.05) is 28.6 Å². The molecule has 1 aliphatic rings. The summed E-state index contributed by atoms with van der Waals surface area (Å²) in [7, 11) is 1.68. The molecule has 0 amide bonds. The molecule has 14 heavy (non-hydrogen) atoms. The van der Waals surface area contributed by atoms with Crippen molar-refractivity contribution in [3.63, 3.8) is 0 Å². The standard InChI is InChI=1S/C11H12O2S/c1-13-9-3-2-4-10-11(9)8(5-6-12)7-14-10/h2-4,6,8H,5,7H2,1H3. The van der Waals surface area contributed by atoms with Crippen LogP contribution in [0.4, 0.5) is 0 Å². The van der Waals surface area contributed by atoms with E-state index in [4.69, 9.17) is 4.74 Å². The Balaban J connectivity index is 2.40. The van der Waals surface area contributed by atoms with Crippen LogP contribution in [-0.2, 0) is 4.79 Å². The first-order chi connectivity index (χ1) is 6.86. The van der Waals surface area contributed by atoms with Gasteiger partial charge < -0.3 is 9.53 Å². The molecule has 0 fully saturated rings. The van der Waals surface area contributed by atoms with Crippen molar-refractivity contribution in [2.75, 3.05) is 12.9 Å². The minimum absolute atomic E-state index is 0.337. The van der Waals surface area contributed by atoms with Crippen LogP contribution >= 0.6 is 11.8 Å². The molecule has 1 unspecified atom stereocenters. The van der Waals surface area contributed by atoms with Gasteiger partial charge in [0.2, 0.25) is 0 Å². The maximum absolute atomic E-state index is 10.5. The molecule has 74 valence electrons. The van der Waals surface area contributed by atoms with E-state index in [0.717, 1.165) is 17.8 Å². The molecule has 0 saturated carbocycles. The van der Waals surface area contributed by atoms with Crippen LogP contribution in [0.15, 0.2) is 23.1 Å². The molecule has 3 heteroatoms. The highest BCUT2D eigenvalue weighted by Gasteiger charge is 2.25. The maximum Gasteiger partial charge on any atom is 0.123 e. The Hall–Kier alpha value is -0.960. The summed E-state index contributed by atoms with van der Waals surface area (Å²) >= 11 is 1.81. The minimum Gasteiger partial charge on any atom is -0.496 e. The van der Waals surface area contributed by atoms with Crippen molar-refractivity contribution in [2.45, 2.75) is 17.2 Å². The van der Waals surface area contributed by atoms with E-state index in [1.165, 1.54) is 10.5 Å². The van der Waals surface area contributed by atoms with Crippen molar-refractivity contribution in [2.24, 2.45) is 0 Å². The maximum atomic E-state index is 10.5. The van der Waals surface area contributed by atoms with Crippen molar-refractivity contribution in [3.8, 4) is 5.75 Å². The molecular weight excluding hydrogens is 196 g/mol. The van der Waals surface area contributed by atoms with Crippen LogP contribution in [0.3, 0.4) is 0 Å². The zero-order chi connectivity index (χ0) is 9.97. The molecule has 0 N–H and O–H groups in total. The number of ether oxygens (including phenoxy) is 1. The van der Waals surface area contributed by atoms with E-state index in [2.05, 4.69) is 6.07 Å². The number of benzene rings is 1. The first-order valence-corrected chi connectivity index (χ1v) is 5.58. The molecule has 0 radical (unpaired) electrons. The zero-order valence-corrected chi connectivity index (χ0v) is 8.84. The number of carbonyl (C=O) groups excluding carboxylic acids is 1. The number of fused-ring (bicyclic) bond motifs is 1. The first-order valence-electron chi connectivity index (χ1n) is 4.60. The van der Waals surface area contributed by atoms with Crippen LogP contribution in [-0.4, -0.2) is 19.1 Å². The van der Waals surface area contributed by atoms with Crippen LogP contribution < -0.4 is 4.74 Å². The Morgan fingerprint density at radius 1 is 1.64 bits per heavy atom. The molecule has 0 spiro atoms. The smallest absolute Gasteiger partial charge is 0.123 e. The lowest BCUT2D eigenvalue weighted by atomic mass is 9.98. The number of hydrogen-bond donors (Lipinski definition) is 0. The van der Waals surface area contributed by atoms with Crippen molar-refractivity contribution >= 4 is 18.0 Å². The molecule has 0 aromatic heterocycles. The van der Waals surface area contributed by atoms with E-state index in [-0.39, 0.29) is 0 Å². The van der Waals surface area contributed by atoms with Crippen LogP contribution in [0.1, 0.15) is 17.9 Å². The lowest BCUT2D eigenvalue weighted by Gasteiger charge is -2.11. The average molecular weight is 208 g/mol. The predicted octanol–water partition coefficient (Wildman–Crippen LogP) is 2.47. The normalized spacial score (nSPS) is 19.1. The molecule has 2 rings (SSSR count). The first kappa shape index (κ1) is 9.59. The average Bonchev–Trinajstić information content (AvgIpc) is 2.62. The molecule has 0 bridgehead atoms. The van der Waals surface area contributed by atoms with Crippen LogP contribution in [0.5, 0.6) is 5.75 Å². The Morgan fingerprint density at radius 2 is 2.50 bits per heavy atom. The van der Waals surface area contributed by atoms with E-state index in [1.807, 2.05) is 12.1 Å². The summed E-state index contributed by atoms with van der Waals surface area (Å²) in [6.07, 6.45) is 1.59. The third-order valence-corrected chi connectivity index (χ3v) is 3.71. The molecule has 2 nitrogen and oxygen atoms in total. The van der Waals surface area contributed by atoms with E-state index in [0.29, 0.717) is 12.3 Å². The fourth-order valence-electron chi connectivity index (χ4n) is 1.81. The van der Waals surface area contributed by atoms with Gasteiger partial charge in [0.25, 0.3) is 0 Å². The fourth-order valence-corrected chi connectivity index (χ4v) is 3.09. The quantitative estimate of drug-likeness (QED) is 0.714. The zero-order valence-electron chi connectivity index (χ0n) is 8.03. The Bertz CT molecular complexity index is 349. The number of thioether (sulfide) groups is 1. The monoisotopic (exact) mass is 208 g/mol. The lowest BCUT2D eigenvalue weighted by Crippen LogP contribution is -2.00. The van der Waals surface area contributed by atoms with E-state index in [1.54, 1.807) is 18.9 Å². The molecular formula is C11H12O2S. The van der Waals surface area contributed by atoms with Gasteiger partial charge in [-0.15, -0.1) is 11.8 Å². The molecule has 1 atom stereocenters. The topological polar surface area (TPSA) is 26.3 Å². The second-order valence-corrected chi connectivity index (χ2v) is 4.34. The minimum atomic E-state index is 0.337. The number of aldehydes is 1. The third-order valence-electron chi connectivity index (χ3n) is 2.48. The highest BCUT2D eigenvalue weighted by atomic mass is 32.2. The number of methoxy groups -OCH3 is 1. The third kappa shape index (κ3) is 1.52. The van der Waals surface area contributed by atoms with Crippen LogP contribution in [0.25, 0.3) is 0 Å². The summed E-state index contributed by atoms with van der Waals surface area (Å²) in [6, 6.07) is 6.05. The van der Waals surface area contributed by atoms with E-state index in [9.17, 15) is 4.79 Å². The molecule has 0 saturated heterocycles. The summed E-state index contributed by atoms with van der Waals surface area (Å²) in [5, 5.41) is 0. The SMILES string of the molecule is COc1cccc2c1C(CC=O)CS2. The van der Waals surface area contributed by atoms with E-state index >= 15 is 0 Å². The van der Waals surface area contributed by atoms with Gasteiger partial charge in [0.15, 0.2) is 0 Å². The lowest BCUT2D eigenvalue weighted by molar-refractivity contribution is -0.108. The van der Waals surface area contributed by atoms with E-state index < -0.39 is 0 Å². The van der Waals surface area contributed by atoms with Crippen molar-refractivity contribution in [3.05, 3.63) is 23.8 Å². The summed E-state index contributed by atoms with van der Waals surface area (Å²) in [6.45, 7) is 0. The van der Waals surface area contributed by atoms with Gasteiger partial charge in [0.05, 0.1) is 7.11 Å². The van der Waals surface area contributed by atoms with Gasteiger partial charge in [-0.25, -0.2) is 0 Å². The van der Waals surface area contributed by atoms with Crippen molar-refractivity contribution in [1.82, 2.24) is 0 Å². The molecule has 0 aliphatic carbocycles. The Kier molecular flexibility index (Phi) is 2.77. The summed E-state index contributed by atoms with van der Waals surface area (Å²) in [5.41, 5.74) is 1.21.